The van der Waals surface area contributed by atoms with Crippen molar-refractivity contribution < 1.29 is 18.9 Å². The molecule has 0 saturated carbocycles. The van der Waals surface area contributed by atoms with E-state index in [-0.39, 0.29) is 6.10 Å². The van der Waals surface area contributed by atoms with Crippen molar-refractivity contribution in [3.8, 4) is 11.5 Å². The Hall–Kier alpha value is -2.56. The number of hydrogen-bond acceptors (Lipinski definition) is 4. The molecule has 5 rings (SSSR count). The van der Waals surface area contributed by atoms with Crippen molar-refractivity contribution in [2.24, 2.45) is 0 Å². The van der Waals surface area contributed by atoms with Crippen molar-refractivity contribution >= 4 is 10.8 Å². The average Bonchev–Trinajstić information content (AvgIpc) is 3.64. The monoisotopic (exact) mass is 376 g/mol. The highest BCUT2D eigenvalue weighted by Crippen LogP contribution is 2.24. The van der Waals surface area contributed by atoms with E-state index in [1.165, 1.54) is 21.9 Å². The summed E-state index contributed by atoms with van der Waals surface area (Å²) < 4.78 is 21.8. The Morgan fingerprint density at radius 3 is 1.89 bits per heavy atom. The lowest BCUT2D eigenvalue weighted by molar-refractivity contribution is 0.263. The number of rotatable bonds is 9. The van der Waals surface area contributed by atoms with Crippen LogP contribution in [0.25, 0.3) is 10.8 Å². The summed E-state index contributed by atoms with van der Waals surface area (Å²) in [6.07, 6.45) is 2.61. The molecular formula is C24H24O4. The number of aryl methyl sites for hydroxylation is 2. The van der Waals surface area contributed by atoms with Gasteiger partial charge in [-0.25, -0.2) is 0 Å². The number of ether oxygens (including phenoxy) is 4. The highest BCUT2D eigenvalue weighted by molar-refractivity contribution is 5.84. The van der Waals surface area contributed by atoms with Gasteiger partial charge in [-0.3, -0.25) is 0 Å². The van der Waals surface area contributed by atoms with Gasteiger partial charge in [-0.15, -0.1) is 0 Å². The van der Waals surface area contributed by atoms with E-state index >= 15 is 0 Å². The molecule has 2 atom stereocenters. The van der Waals surface area contributed by atoms with Crippen molar-refractivity contribution in [3.05, 3.63) is 71.8 Å². The fourth-order valence-electron chi connectivity index (χ4n) is 3.27. The Bertz CT molecular complexity index is 942. The number of fused-ring (bicyclic) bond motifs is 1. The predicted octanol–water partition coefficient (Wildman–Crippen LogP) is 4.18. The van der Waals surface area contributed by atoms with Crippen molar-refractivity contribution in [3.63, 3.8) is 0 Å². The van der Waals surface area contributed by atoms with Crippen LogP contribution in [0.4, 0.5) is 0 Å². The van der Waals surface area contributed by atoms with Crippen LogP contribution in [0.15, 0.2) is 60.7 Å². The Morgan fingerprint density at radius 1 is 0.643 bits per heavy atom. The second-order valence-electron chi connectivity index (χ2n) is 7.52. The van der Waals surface area contributed by atoms with E-state index in [2.05, 4.69) is 42.5 Å². The molecule has 144 valence electrons. The molecule has 2 aliphatic heterocycles. The molecule has 0 amide bonds. The van der Waals surface area contributed by atoms with Gasteiger partial charge in [0.2, 0.25) is 0 Å². The summed E-state index contributed by atoms with van der Waals surface area (Å²) in [5.74, 6) is 1.82. The fraction of sp³-hybridized carbons (Fsp3) is 0.333. The molecule has 2 heterocycles. The zero-order valence-electron chi connectivity index (χ0n) is 15.8. The summed E-state index contributed by atoms with van der Waals surface area (Å²) in [6.45, 7) is 2.94. The fourth-order valence-corrected chi connectivity index (χ4v) is 3.27. The molecule has 2 aliphatic rings. The predicted molar refractivity (Wildman–Crippen MR) is 108 cm³/mol. The molecule has 2 unspecified atom stereocenters. The summed E-state index contributed by atoms with van der Waals surface area (Å²) in [4.78, 5) is 0. The molecule has 4 nitrogen and oxygen atoms in total. The van der Waals surface area contributed by atoms with Crippen LogP contribution in [-0.4, -0.2) is 38.6 Å². The quantitative estimate of drug-likeness (QED) is 0.526. The second kappa shape index (κ2) is 7.82. The lowest BCUT2D eigenvalue weighted by Crippen LogP contribution is -2.04. The van der Waals surface area contributed by atoms with Gasteiger partial charge in [0.05, 0.1) is 13.2 Å². The Morgan fingerprint density at radius 2 is 1.18 bits per heavy atom. The summed E-state index contributed by atoms with van der Waals surface area (Å²) in [6, 6.07) is 21.3. The molecular weight excluding hydrogens is 352 g/mol. The van der Waals surface area contributed by atoms with Crippen LogP contribution in [0.1, 0.15) is 11.1 Å². The minimum atomic E-state index is 0.283. The van der Waals surface area contributed by atoms with E-state index in [9.17, 15) is 0 Å². The van der Waals surface area contributed by atoms with Gasteiger partial charge >= 0.3 is 0 Å². The first-order valence-corrected chi connectivity index (χ1v) is 9.92. The highest BCUT2D eigenvalue weighted by atomic mass is 16.6. The van der Waals surface area contributed by atoms with Gasteiger partial charge in [0.25, 0.3) is 0 Å². The molecule has 0 radical (unpaired) electrons. The summed E-state index contributed by atoms with van der Waals surface area (Å²) in [5, 5.41) is 2.46. The van der Waals surface area contributed by atoms with Gasteiger partial charge in [-0.1, -0.05) is 36.4 Å². The van der Waals surface area contributed by atoms with Crippen molar-refractivity contribution in [2.45, 2.75) is 25.0 Å². The smallest absolute Gasteiger partial charge is 0.120 e. The molecule has 0 N–H and O–H groups in total. The van der Waals surface area contributed by atoms with Crippen LogP contribution in [0.5, 0.6) is 11.5 Å². The van der Waals surface area contributed by atoms with Crippen LogP contribution in [0, 0.1) is 0 Å². The van der Waals surface area contributed by atoms with Crippen molar-refractivity contribution in [2.75, 3.05) is 26.4 Å². The van der Waals surface area contributed by atoms with Gasteiger partial charge in [0.15, 0.2) is 0 Å². The third-order valence-electron chi connectivity index (χ3n) is 5.18. The van der Waals surface area contributed by atoms with E-state index in [0.29, 0.717) is 19.3 Å². The SMILES string of the molecule is c1cc(OCC2CO2)ccc1CCc1ccc2cc(OCC3CO3)ccc2c1. The summed E-state index contributed by atoms with van der Waals surface area (Å²) in [7, 11) is 0. The topological polar surface area (TPSA) is 43.5 Å². The largest absolute Gasteiger partial charge is 0.491 e. The molecule has 0 aromatic heterocycles. The lowest BCUT2D eigenvalue weighted by Gasteiger charge is -2.08. The molecule has 0 aliphatic carbocycles. The van der Waals surface area contributed by atoms with E-state index in [1.807, 2.05) is 18.2 Å². The summed E-state index contributed by atoms with van der Waals surface area (Å²) in [5.41, 5.74) is 2.67. The first kappa shape index (κ1) is 17.5. The second-order valence-corrected chi connectivity index (χ2v) is 7.52. The normalized spacial score (nSPS) is 20.1. The Kier molecular flexibility index (Phi) is 4.90. The van der Waals surface area contributed by atoms with Crippen LogP contribution in [0.2, 0.25) is 0 Å². The number of hydrogen-bond donors (Lipinski definition) is 0. The van der Waals surface area contributed by atoms with E-state index in [1.54, 1.807) is 0 Å². The maximum atomic E-state index is 5.77. The zero-order chi connectivity index (χ0) is 18.8. The molecule has 2 fully saturated rings. The molecule has 0 spiro atoms. The molecule has 3 aromatic carbocycles. The number of benzene rings is 3. The van der Waals surface area contributed by atoms with Gasteiger partial charge in [-0.05, 0) is 59.0 Å². The van der Waals surface area contributed by atoms with Crippen molar-refractivity contribution in [1.82, 2.24) is 0 Å². The Labute approximate surface area is 165 Å². The minimum absolute atomic E-state index is 0.283. The zero-order valence-corrected chi connectivity index (χ0v) is 15.8. The third kappa shape index (κ3) is 4.64. The van der Waals surface area contributed by atoms with Crippen LogP contribution < -0.4 is 9.47 Å². The highest BCUT2D eigenvalue weighted by Gasteiger charge is 2.23. The standard InChI is InChI=1S/C24H24O4/c1(17-4-8-21(9-5-17)25-13-23-15-27-23)2-18-3-6-20-12-22(10-7-19(20)11-18)26-14-24-16-28-24/h3-12,23-24H,1-2,13-16H2. The molecule has 28 heavy (non-hydrogen) atoms. The van der Waals surface area contributed by atoms with Crippen LogP contribution in [0.3, 0.4) is 0 Å². The van der Waals surface area contributed by atoms with Crippen molar-refractivity contribution in [1.29, 1.82) is 0 Å². The number of epoxide rings is 2. The van der Waals surface area contributed by atoms with E-state index in [0.717, 1.165) is 37.6 Å². The van der Waals surface area contributed by atoms with E-state index < -0.39 is 0 Å². The average molecular weight is 376 g/mol. The van der Waals surface area contributed by atoms with Gasteiger partial charge in [-0.2, -0.15) is 0 Å². The first-order valence-electron chi connectivity index (χ1n) is 9.92. The minimum Gasteiger partial charge on any atom is -0.491 e. The molecule has 0 bridgehead atoms. The van der Waals surface area contributed by atoms with Crippen LogP contribution >= 0.6 is 0 Å². The molecule has 4 heteroatoms. The first-order chi connectivity index (χ1) is 13.8. The Balaban J connectivity index is 1.17. The van der Waals surface area contributed by atoms with Gasteiger partial charge in [0, 0.05) is 0 Å². The molecule has 2 saturated heterocycles. The maximum Gasteiger partial charge on any atom is 0.120 e. The van der Waals surface area contributed by atoms with Crippen LogP contribution in [-0.2, 0) is 22.3 Å². The molecule has 3 aromatic rings. The van der Waals surface area contributed by atoms with Gasteiger partial charge < -0.3 is 18.9 Å². The summed E-state index contributed by atoms with van der Waals surface area (Å²) >= 11 is 0. The van der Waals surface area contributed by atoms with Gasteiger partial charge in [0.1, 0.15) is 36.9 Å². The van der Waals surface area contributed by atoms with E-state index in [4.69, 9.17) is 18.9 Å². The lowest BCUT2D eigenvalue weighted by atomic mass is 10.0. The maximum absolute atomic E-state index is 5.77. The third-order valence-corrected chi connectivity index (χ3v) is 5.18.